The lowest BCUT2D eigenvalue weighted by Crippen LogP contribution is -2.42. The molecule has 1 aliphatic rings. The lowest BCUT2D eigenvalue weighted by atomic mass is 9.64. The minimum Gasteiger partial charge on any atom is -0.482 e. The van der Waals surface area contributed by atoms with E-state index in [-0.39, 0.29) is 16.5 Å². The Balaban J connectivity index is 2.37. The van der Waals surface area contributed by atoms with Gasteiger partial charge in [-0.1, -0.05) is 18.0 Å². The van der Waals surface area contributed by atoms with Gasteiger partial charge in [0, 0.05) is 0 Å². The summed E-state index contributed by atoms with van der Waals surface area (Å²) >= 11 is 5.88. The molecule has 0 aliphatic heterocycles. The van der Waals surface area contributed by atoms with Crippen molar-refractivity contribution < 1.29 is 27.8 Å². The average molecular weight is 324 g/mol. The number of carbonyl (C=O) groups is 1. The molecule has 3 N–H and O–H groups in total. The number of nitrogen functional groups attached to an aromatic ring is 1. The summed E-state index contributed by atoms with van der Waals surface area (Å²) in [7, 11) is 0. The Morgan fingerprint density at radius 1 is 1.43 bits per heavy atom. The predicted molar refractivity (Wildman–Crippen MR) is 70.6 cm³/mol. The van der Waals surface area contributed by atoms with E-state index in [0.29, 0.717) is 18.4 Å². The molecule has 4 nitrogen and oxygen atoms in total. The fourth-order valence-corrected chi connectivity index (χ4v) is 2.51. The number of hydrogen-bond acceptors (Lipinski definition) is 3. The summed E-state index contributed by atoms with van der Waals surface area (Å²) in [5.41, 5.74) is 4.65. The van der Waals surface area contributed by atoms with E-state index >= 15 is 0 Å². The Kier molecular flexibility index (Phi) is 3.97. The van der Waals surface area contributed by atoms with Crippen LogP contribution in [-0.4, -0.2) is 23.9 Å². The van der Waals surface area contributed by atoms with Gasteiger partial charge in [-0.3, -0.25) is 4.79 Å². The van der Waals surface area contributed by atoms with Crippen LogP contribution < -0.4 is 10.5 Å². The smallest absolute Gasteiger partial charge is 0.422 e. The fraction of sp³-hybridized carbons (Fsp3) is 0.462. The van der Waals surface area contributed by atoms with Gasteiger partial charge in [0.15, 0.2) is 6.61 Å². The Morgan fingerprint density at radius 3 is 2.48 bits per heavy atom. The van der Waals surface area contributed by atoms with Crippen LogP contribution in [0.25, 0.3) is 0 Å². The number of ether oxygens (including phenoxy) is 1. The molecule has 1 saturated carbocycles. The monoisotopic (exact) mass is 323 g/mol. The summed E-state index contributed by atoms with van der Waals surface area (Å²) in [4.78, 5) is 11.4. The second-order valence-corrected chi connectivity index (χ2v) is 5.42. The second kappa shape index (κ2) is 5.29. The van der Waals surface area contributed by atoms with Gasteiger partial charge in [0.05, 0.1) is 16.1 Å². The van der Waals surface area contributed by atoms with Crippen molar-refractivity contribution in [2.45, 2.75) is 30.9 Å². The van der Waals surface area contributed by atoms with E-state index in [4.69, 9.17) is 17.3 Å². The number of aliphatic carboxylic acids is 1. The topological polar surface area (TPSA) is 72.6 Å². The Bertz CT molecular complexity index is 571. The molecule has 0 amide bonds. The van der Waals surface area contributed by atoms with Crippen molar-refractivity contribution in [1.82, 2.24) is 0 Å². The van der Waals surface area contributed by atoms with E-state index in [0.717, 1.165) is 6.42 Å². The number of benzene rings is 1. The zero-order valence-electron chi connectivity index (χ0n) is 10.8. The normalized spacial score (nSPS) is 17.1. The molecule has 116 valence electrons. The van der Waals surface area contributed by atoms with Crippen molar-refractivity contribution in [1.29, 1.82) is 0 Å². The molecule has 0 spiro atoms. The maximum absolute atomic E-state index is 12.2. The molecule has 1 aliphatic carbocycles. The van der Waals surface area contributed by atoms with Gasteiger partial charge in [-0.15, -0.1) is 0 Å². The highest BCUT2D eigenvalue weighted by Crippen LogP contribution is 2.47. The van der Waals surface area contributed by atoms with Crippen molar-refractivity contribution in [3.63, 3.8) is 0 Å². The van der Waals surface area contributed by atoms with Gasteiger partial charge in [-0.25, -0.2) is 0 Å². The van der Waals surface area contributed by atoms with Crippen molar-refractivity contribution in [2.75, 3.05) is 12.3 Å². The third-order valence-corrected chi connectivity index (χ3v) is 3.96. The summed E-state index contributed by atoms with van der Waals surface area (Å²) in [6.07, 6.45) is -2.98. The number of halogens is 4. The van der Waals surface area contributed by atoms with Gasteiger partial charge in [0.2, 0.25) is 0 Å². The van der Waals surface area contributed by atoms with Crippen LogP contribution in [0, 0.1) is 0 Å². The van der Waals surface area contributed by atoms with Crippen LogP contribution in [-0.2, 0) is 10.2 Å². The van der Waals surface area contributed by atoms with Crippen LogP contribution in [0.15, 0.2) is 12.1 Å². The predicted octanol–water partition coefficient (Wildman–Crippen LogP) is 3.37. The van der Waals surface area contributed by atoms with Crippen LogP contribution in [0.3, 0.4) is 0 Å². The number of nitrogens with two attached hydrogens (primary N) is 1. The Morgan fingerprint density at radius 2 is 2.05 bits per heavy atom. The molecule has 0 bridgehead atoms. The fourth-order valence-electron chi connectivity index (χ4n) is 2.30. The third kappa shape index (κ3) is 3.02. The Hall–Kier alpha value is -1.63. The first kappa shape index (κ1) is 15.8. The number of carboxylic acids is 1. The minimum absolute atomic E-state index is 0.0165. The van der Waals surface area contributed by atoms with Gasteiger partial charge in [0.25, 0.3) is 0 Å². The Labute approximate surface area is 123 Å². The molecular weight excluding hydrogens is 311 g/mol. The van der Waals surface area contributed by atoms with Crippen LogP contribution in [0.4, 0.5) is 18.9 Å². The first-order valence-electron chi connectivity index (χ1n) is 6.18. The molecule has 1 fully saturated rings. The number of rotatable bonds is 4. The van der Waals surface area contributed by atoms with Crippen LogP contribution >= 0.6 is 11.6 Å². The van der Waals surface area contributed by atoms with Crippen LogP contribution in [0.5, 0.6) is 5.75 Å². The van der Waals surface area contributed by atoms with Crippen molar-refractivity contribution in [2.24, 2.45) is 0 Å². The van der Waals surface area contributed by atoms with Crippen molar-refractivity contribution >= 4 is 23.3 Å². The third-order valence-electron chi connectivity index (χ3n) is 3.65. The molecule has 0 atom stereocenters. The number of hydrogen-bond donors (Lipinski definition) is 2. The molecule has 0 saturated heterocycles. The summed E-state index contributed by atoms with van der Waals surface area (Å²) in [6.45, 7) is -1.52. The van der Waals surface area contributed by atoms with Crippen LogP contribution in [0.1, 0.15) is 24.8 Å². The molecule has 0 unspecified atom stereocenters. The molecule has 8 heteroatoms. The molecule has 21 heavy (non-hydrogen) atoms. The van der Waals surface area contributed by atoms with Gasteiger partial charge in [-0.2, -0.15) is 13.2 Å². The lowest BCUT2D eigenvalue weighted by molar-refractivity contribution is -0.153. The van der Waals surface area contributed by atoms with E-state index < -0.39 is 24.2 Å². The highest BCUT2D eigenvalue weighted by molar-refractivity contribution is 6.33. The second-order valence-electron chi connectivity index (χ2n) is 5.01. The van der Waals surface area contributed by atoms with Crippen LogP contribution in [0.2, 0.25) is 5.02 Å². The molecule has 0 aromatic heterocycles. The van der Waals surface area contributed by atoms with E-state index in [1.807, 2.05) is 0 Å². The summed E-state index contributed by atoms with van der Waals surface area (Å²) in [5.74, 6) is -1.28. The molecule has 1 aromatic rings. The minimum atomic E-state index is -4.52. The van der Waals surface area contributed by atoms with Gasteiger partial charge in [0.1, 0.15) is 5.75 Å². The highest BCUT2D eigenvalue weighted by atomic mass is 35.5. The maximum atomic E-state index is 12.2. The maximum Gasteiger partial charge on any atom is 0.422 e. The van der Waals surface area contributed by atoms with Gasteiger partial charge in [-0.05, 0) is 30.5 Å². The van der Waals surface area contributed by atoms with E-state index in [2.05, 4.69) is 4.74 Å². The zero-order chi connectivity index (χ0) is 15.8. The van der Waals surface area contributed by atoms with E-state index in [1.165, 1.54) is 12.1 Å². The largest absolute Gasteiger partial charge is 0.482 e. The first-order chi connectivity index (χ1) is 9.66. The summed E-state index contributed by atoms with van der Waals surface area (Å²) in [6, 6.07) is 2.62. The lowest BCUT2D eigenvalue weighted by Gasteiger charge is -2.38. The quantitative estimate of drug-likeness (QED) is 0.833. The van der Waals surface area contributed by atoms with E-state index in [9.17, 15) is 23.1 Å². The van der Waals surface area contributed by atoms with Crippen molar-refractivity contribution in [3.05, 3.63) is 22.7 Å². The number of carboxylic acid groups (broad SMARTS) is 1. The molecule has 2 rings (SSSR count). The summed E-state index contributed by atoms with van der Waals surface area (Å²) < 4.78 is 41.3. The van der Waals surface area contributed by atoms with Crippen molar-refractivity contribution in [3.8, 4) is 5.75 Å². The van der Waals surface area contributed by atoms with Gasteiger partial charge >= 0.3 is 12.1 Å². The van der Waals surface area contributed by atoms with E-state index in [1.54, 1.807) is 0 Å². The standard InChI is InChI=1S/C13H13ClF3NO3/c14-8-4-7(12(11(19)20)2-1-3-12)5-9(10(8)18)21-6-13(15,16)17/h4-5H,1-3,6,18H2,(H,19,20). The van der Waals surface area contributed by atoms with Gasteiger partial charge < -0.3 is 15.6 Å². The average Bonchev–Trinajstić information content (AvgIpc) is 2.28. The SMILES string of the molecule is Nc1c(Cl)cc(C2(C(=O)O)CCC2)cc1OCC(F)(F)F. The zero-order valence-corrected chi connectivity index (χ0v) is 11.6. The highest BCUT2D eigenvalue weighted by Gasteiger charge is 2.46. The molecule has 0 radical (unpaired) electrons. The number of alkyl halides is 3. The first-order valence-corrected chi connectivity index (χ1v) is 6.56. The molecular formula is C13H13ClF3NO3. The molecule has 0 heterocycles. The summed E-state index contributed by atoms with van der Waals surface area (Å²) in [5, 5.41) is 9.34. The number of anilines is 1. The molecule has 1 aromatic carbocycles.